The molecule has 2 aromatic rings. The Labute approximate surface area is 133 Å². The first-order chi connectivity index (χ1) is 10.9. The summed E-state index contributed by atoms with van der Waals surface area (Å²) in [5, 5.41) is 22.6. The second kappa shape index (κ2) is 7.07. The molecule has 0 aliphatic rings. The van der Waals surface area contributed by atoms with Crippen LogP contribution in [-0.4, -0.2) is 31.6 Å². The lowest BCUT2D eigenvalue weighted by molar-refractivity contribution is -0.383. The zero-order valence-corrected chi connectivity index (χ0v) is 12.7. The molecule has 2 aromatic carbocycles. The number of rotatable bonds is 7. The Balaban J connectivity index is 2.30. The third-order valence-corrected chi connectivity index (χ3v) is 4.27. The first kappa shape index (κ1) is 16.7. The van der Waals surface area contributed by atoms with E-state index < -0.39 is 14.9 Å². The van der Waals surface area contributed by atoms with E-state index in [1.807, 2.05) is 0 Å². The number of benzene rings is 2. The topological polar surface area (TPSA) is 122 Å². The molecule has 0 amide bonds. The van der Waals surface area contributed by atoms with Gasteiger partial charge in [-0.2, -0.15) is 0 Å². The molecule has 3 N–H and O–H groups in total. The molecule has 1 radical (unpaired) electrons. The number of aliphatic hydroxyl groups is 1. The van der Waals surface area contributed by atoms with E-state index in [-0.39, 0.29) is 35.1 Å². The molecule has 0 aliphatic heterocycles. The molecule has 0 fully saturated rings. The van der Waals surface area contributed by atoms with Crippen LogP contribution in [0.25, 0.3) is 0 Å². The molecule has 0 saturated heterocycles. The maximum atomic E-state index is 12.2. The van der Waals surface area contributed by atoms with Gasteiger partial charge in [0, 0.05) is 12.6 Å². The van der Waals surface area contributed by atoms with Gasteiger partial charge < -0.3 is 10.4 Å². The van der Waals surface area contributed by atoms with Gasteiger partial charge in [0.25, 0.3) is 15.7 Å². The standard InChI is InChI=1S/C14H14N3O5S/c18-9-8-15-13-7-6-11(10-14(13)17(19)20)16-23(21,22)12-4-2-1-3-5-12/h2-7,10,15-16,18H,8-9H2. The summed E-state index contributed by atoms with van der Waals surface area (Å²) in [6, 6.07) is 12.3. The van der Waals surface area contributed by atoms with Crippen molar-refractivity contribution in [1.82, 2.24) is 0 Å². The summed E-state index contributed by atoms with van der Waals surface area (Å²) in [7, 11) is -3.84. The molecule has 0 spiro atoms. The van der Waals surface area contributed by atoms with Gasteiger partial charge in [-0.25, -0.2) is 8.42 Å². The molecule has 0 heterocycles. The minimum atomic E-state index is -3.84. The van der Waals surface area contributed by atoms with Gasteiger partial charge in [0.05, 0.1) is 22.1 Å². The summed E-state index contributed by atoms with van der Waals surface area (Å²) < 4.78 is 26.7. The van der Waals surface area contributed by atoms with E-state index in [1.54, 1.807) is 0 Å². The summed E-state index contributed by atoms with van der Waals surface area (Å²) in [4.78, 5) is 10.5. The highest BCUT2D eigenvalue weighted by atomic mass is 32.2. The lowest BCUT2D eigenvalue weighted by Crippen LogP contribution is -2.13. The third kappa shape index (κ3) is 4.18. The Kier molecular flexibility index (Phi) is 5.14. The number of nitrogens with zero attached hydrogens (tertiary/aromatic N) is 1. The van der Waals surface area contributed by atoms with E-state index in [1.165, 1.54) is 36.4 Å². The largest absolute Gasteiger partial charge is 0.395 e. The van der Waals surface area contributed by atoms with Gasteiger partial charge in [-0.05, 0) is 30.3 Å². The second-order valence-electron chi connectivity index (χ2n) is 4.48. The number of hydrogen-bond acceptors (Lipinski definition) is 6. The second-order valence-corrected chi connectivity index (χ2v) is 6.16. The average Bonchev–Trinajstić information content (AvgIpc) is 2.54. The highest BCUT2D eigenvalue weighted by Crippen LogP contribution is 2.28. The van der Waals surface area contributed by atoms with Gasteiger partial charge in [0.2, 0.25) is 0 Å². The summed E-state index contributed by atoms with van der Waals surface area (Å²) >= 11 is 0. The van der Waals surface area contributed by atoms with Crippen LogP contribution in [0.5, 0.6) is 0 Å². The number of hydrogen-bond donors (Lipinski definition) is 3. The molecule has 23 heavy (non-hydrogen) atoms. The van der Waals surface area contributed by atoms with Crippen LogP contribution < -0.4 is 10.0 Å². The lowest BCUT2D eigenvalue weighted by Gasteiger charge is -2.10. The molecule has 0 aliphatic carbocycles. The summed E-state index contributed by atoms with van der Waals surface area (Å²) in [6.07, 6.45) is 0. The maximum Gasteiger partial charge on any atom is 0.294 e. The Bertz CT molecular complexity index is 793. The van der Waals surface area contributed by atoms with Crippen molar-refractivity contribution >= 4 is 27.1 Å². The molecule has 0 bridgehead atoms. The molecular formula is C14H14N3O5S. The summed E-state index contributed by atoms with van der Waals surface area (Å²) in [5.74, 6) is 0. The van der Waals surface area contributed by atoms with Crippen molar-refractivity contribution < 1.29 is 18.4 Å². The van der Waals surface area contributed by atoms with Gasteiger partial charge >= 0.3 is 0 Å². The number of nitrogens with one attached hydrogen (secondary N) is 2. The van der Waals surface area contributed by atoms with Crippen LogP contribution in [0.2, 0.25) is 0 Å². The Morgan fingerprint density at radius 2 is 1.91 bits per heavy atom. The maximum absolute atomic E-state index is 12.2. The number of aliphatic hydroxyl groups excluding tert-OH is 1. The molecule has 0 aromatic heterocycles. The average molecular weight is 336 g/mol. The predicted octanol–water partition coefficient (Wildman–Crippen LogP) is 1.60. The normalized spacial score (nSPS) is 11.0. The minimum Gasteiger partial charge on any atom is -0.395 e. The third-order valence-electron chi connectivity index (χ3n) is 2.87. The highest BCUT2D eigenvalue weighted by molar-refractivity contribution is 7.92. The van der Waals surface area contributed by atoms with E-state index in [2.05, 4.69) is 16.1 Å². The van der Waals surface area contributed by atoms with Crippen molar-refractivity contribution in [2.45, 2.75) is 4.90 Å². The SMILES string of the molecule is O=[N+]([O-])c1cc(NS(=O)(=O)c2cc[c]cc2)ccc1NCCO. The van der Waals surface area contributed by atoms with Crippen LogP contribution in [0.15, 0.2) is 47.4 Å². The molecule has 0 unspecified atom stereocenters. The smallest absolute Gasteiger partial charge is 0.294 e. The van der Waals surface area contributed by atoms with E-state index in [9.17, 15) is 18.5 Å². The number of anilines is 2. The number of nitro groups is 1. The van der Waals surface area contributed by atoms with Crippen molar-refractivity contribution in [3.63, 3.8) is 0 Å². The zero-order chi connectivity index (χ0) is 16.9. The van der Waals surface area contributed by atoms with E-state index in [0.717, 1.165) is 6.07 Å². The van der Waals surface area contributed by atoms with Gasteiger partial charge in [-0.3, -0.25) is 14.8 Å². The van der Waals surface area contributed by atoms with Crippen LogP contribution in [0.3, 0.4) is 0 Å². The van der Waals surface area contributed by atoms with Crippen molar-refractivity contribution in [3.05, 3.63) is 58.6 Å². The van der Waals surface area contributed by atoms with E-state index in [4.69, 9.17) is 5.11 Å². The number of nitro benzene ring substituents is 1. The molecule has 2 rings (SSSR count). The Morgan fingerprint density at radius 1 is 1.22 bits per heavy atom. The minimum absolute atomic E-state index is 0.0291. The fraction of sp³-hybridized carbons (Fsp3) is 0.143. The highest BCUT2D eigenvalue weighted by Gasteiger charge is 2.18. The Morgan fingerprint density at radius 3 is 2.52 bits per heavy atom. The molecule has 0 saturated carbocycles. The Hall–Kier alpha value is -2.65. The molecule has 8 nitrogen and oxygen atoms in total. The van der Waals surface area contributed by atoms with Gasteiger partial charge in [0.15, 0.2) is 0 Å². The fourth-order valence-corrected chi connectivity index (χ4v) is 2.90. The summed E-state index contributed by atoms with van der Waals surface area (Å²) in [5.41, 5.74) is -0.0274. The molecule has 121 valence electrons. The lowest BCUT2D eigenvalue weighted by atomic mass is 10.2. The van der Waals surface area contributed by atoms with Gasteiger partial charge in [-0.15, -0.1) is 0 Å². The van der Waals surface area contributed by atoms with Crippen molar-refractivity contribution in [2.75, 3.05) is 23.2 Å². The van der Waals surface area contributed by atoms with E-state index in [0.29, 0.717) is 0 Å². The van der Waals surface area contributed by atoms with Crippen molar-refractivity contribution in [1.29, 1.82) is 0 Å². The van der Waals surface area contributed by atoms with Gasteiger partial charge in [-0.1, -0.05) is 12.1 Å². The van der Waals surface area contributed by atoms with E-state index >= 15 is 0 Å². The zero-order valence-electron chi connectivity index (χ0n) is 11.9. The predicted molar refractivity (Wildman–Crippen MR) is 84.8 cm³/mol. The van der Waals surface area contributed by atoms with Crippen LogP contribution in [-0.2, 0) is 10.0 Å². The van der Waals surface area contributed by atoms with Crippen molar-refractivity contribution in [3.8, 4) is 0 Å². The van der Waals surface area contributed by atoms with Crippen LogP contribution in [0.4, 0.5) is 17.1 Å². The summed E-state index contributed by atoms with van der Waals surface area (Å²) in [6.45, 7) is -0.0387. The van der Waals surface area contributed by atoms with Gasteiger partial charge in [0.1, 0.15) is 5.69 Å². The van der Waals surface area contributed by atoms with Crippen molar-refractivity contribution in [2.24, 2.45) is 0 Å². The molecule has 9 heteroatoms. The quantitative estimate of drug-likeness (QED) is 0.521. The van der Waals surface area contributed by atoms with Crippen LogP contribution >= 0.6 is 0 Å². The van der Waals surface area contributed by atoms with Crippen LogP contribution in [0, 0.1) is 16.2 Å². The molecule has 0 atom stereocenters. The van der Waals surface area contributed by atoms with Crippen LogP contribution in [0.1, 0.15) is 0 Å². The number of sulfonamides is 1. The molecular weight excluding hydrogens is 322 g/mol. The first-order valence-corrected chi connectivity index (χ1v) is 8.04. The monoisotopic (exact) mass is 336 g/mol. The first-order valence-electron chi connectivity index (χ1n) is 6.56. The fourth-order valence-electron chi connectivity index (χ4n) is 1.85.